The lowest BCUT2D eigenvalue weighted by atomic mass is 10.1. The summed E-state index contributed by atoms with van der Waals surface area (Å²) < 4.78 is 33.3. The molecule has 1 aliphatic heterocycles. The summed E-state index contributed by atoms with van der Waals surface area (Å²) >= 11 is 0. The van der Waals surface area contributed by atoms with E-state index in [4.69, 9.17) is 4.74 Å². The lowest BCUT2D eigenvalue weighted by Crippen LogP contribution is -2.54. The van der Waals surface area contributed by atoms with Crippen LogP contribution in [0.1, 0.15) is 18.4 Å². The highest BCUT2D eigenvalue weighted by Gasteiger charge is 2.48. The lowest BCUT2D eigenvalue weighted by molar-refractivity contribution is 0.170. The molecule has 1 saturated heterocycles. The van der Waals surface area contributed by atoms with E-state index >= 15 is 0 Å². The van der Waals surface area contributed by atoms with Crippen LogP contribution in [0.4, 0.5) is 4.79 Å². The minimum Gasteiger partial charge on any atom is -0.497 e. The Balaban J connectivity index is 1.37. The molecule has 0 spiro atoms. The fraction of sp³-hybridized carbons (Fsp3) is 0.381. The van der Waals surface area contributed by atoms with E-state index < -0.39 is 10.0 Å². The zero-order valence-corrected chi connectivity index (χ0v) is 17.1. The van der Waals surface area contributed by atoms with Crippen LogP contribution in [0.15, 0.2) is 59.5 Å². The number of ether oxygens (including phenoxy) is 1. The van der Waals surface area contributed by atoms with E-state index in [1.54, 1.807) is 42.3 Å². The van der Waals surface area contributed by atoms with Gasteiger partial charge in [0, 0.05) is 19.1 Å². The van der Waals surface area contributed by atoms with E-state index in [0.717, 1.165) is 24.2 Å². The second-order valence-electron chi connectivity index (χ2n) is 7.60. The number of methoxy groups -OCH3 is 1. The number of urea groups is 1. The van der Waals surface area contributed by atoms with Gasteiger partial charge in [-0.3, -0.25) is 0 Å². The molecule has 1 heterocycles. The second kappa shape index (κ2) is 8.04. The number of hydrogen-bond donors (Lipinski definition) is 2. The largest absolute Gasteiger partial charge is 0.497 e. The Kier molecular flexibility index (Phi) is 5.47. The first kappa shape index (κ1) is 19.7. The topological polar surface area (TPSA) is 87.7 Å². The number of carbonyl (C=O) groups is 1. The van der Waals surface area contributed by atoms with Gasteiger partial charge in [0.05, 0.1) is 18.0 Å². The Labute approximate surface area is 171 Å². The maximum absolute atomic E-state index is 12.7. The molecule has 3 unspecified atom stereocenters. The zero-order valence-electron chi connectivity index (χ0n) is 16.2. The van der Waals surface area contributed by atoms with Gasteiger partial charge in [0.15, 0.2) is 0 Å². The van der Waals surface area contributed by atoms with E-state index in [9.17, 15) is 13.2 Å². The summed E-state index contributed by atoms with van der Waals surface area (Å²) in [5, 5.41) is 2.95. The van der Waals surface area contributed by atoms with Crippen molar-refractivity contribution in [2.45, 2.75) is 36.4 Å². The van der Waals surface area contributed by atoms with Crippen LogP contribution in [0, 0.1) is 5.92 Å². The minimum atomic E-state index is -3.60. The molecule has 1 saturated carbocycles. The Hall–Kier alpha value is -2.58. The van der Waals surface area contributed by atoms with E-state index in [-0.39, 0.29) is 23.0 Å². The van der Waals surface area contributed by atoms with Crippen molar-refractivity contribution < 1.29 is 17.9 Å². The van der Waals surface area contributed by atoms with Crippen LogP contribution in [0.5, 0.6) is 5.75 Å². The number of benzene rings is 2. The maximum Gasteiger partial charge on any atom is 0.317 e. The predicted octanol–water partition coefficient (Wildman–Crippen LogP) is 2.35. The number of piperidine rings is 1. The van der Waals surface area contributed by atoms with Crippen LogP contribution in [0.2, 0.25) is 0 Å². The van der Waals surface area contributed by atoms with Crippen molar-refractivity contribution in [2.24, 2.45) is 5.92 Å². The highest BCUT2D eigenvalue weighted by molar-refractivity contribution is 7.89. The van der Waals surface area contributed by atoms with Crippen molar-refractivity contribution in [1.82, 2.24) is 14.9 Å². The summed E-state index contributed by atoms with van der Waals surface area (Å²) in [4.78, 5) is 14.7. The first-order valence-corrected chi connectivity index (χ1v) is 11.2. The molecule has 1 aliphatic carbocycles. The second-order valence-corrected chi connectivity index (χ2v) is 9.32. The highest BCUT2D eigenvalue weighted by Crippen LogP contribution is 2.38. The summed E-state index contributed by atoms with van der Waals surface area (Å²) in [6.07, 6.45) is 1.59. The molecule has 2 aromatic carbocycles. The van der Waals surface area contributed by atoms with Gasteiger partial charge >= 0.3 is 6.03 Å². The molecule has 0 radical (unpaired) electrons. The fourth-order valence-corrected chi connectivity index (χ4v) is 5.58. The van der Waals surface area contributed by atoms with Crippen molar-refractivity contribution in [1.29, 1.82) is 0 Å². The molecular formula is C21H25N3O4S. The van der Waals surface area contributed by atoms with Gasteiger partial charge in [-0.05, 0) is 48.6 Å². The summed E-state index contributed by atoms with van der Waals surface area (Å²) in [6.45, 7) is 1.08. The molecule has 2 amide bonds. The Morgan fingerprint density at radius 1 is 1.10 bits per heavy atom. The first-order valence-electron chi connectivity index (χ1n) is 9.71. The fourth-order valence-electron chi connectivity index (χ4n) is 4.28. The highest BCUT2D eigenvalue weighted by atomic mass is 32.2. The molecule has 2 N–H and O–H groups in total. The lowest BCUT2D eigenvalue weighted by Gasteiger charge is -2.33. The van der Waals surface area contributed by atoms with Crippen molar-refractivity contribution in [3.05, 3.63) is 60.2 Å². The van der Waals surface area contributed by atoms with Gasteiger partial charge in [0.25, 0.3) is 0 Å². The Morgan fingerprint density at radius 2 is 1.83 bits per heavy atom. The number of carbonyl (C=O) groups excluding carboxylic acids is 1. The predicted molar refractivity (Wildman–Crippen MR) is 109 cm³/mol. The Bertz CT molecular complexity index is 963. The average molecular weight is 416 g/mol. The quantitative estimate of drug-likeness (QED) is 0.758. The van der Waals surface area contributed by atoms with Crippen molar-refractivity contribution in [3.8, 4) is 5.75 Å². The molecule has 0 aromatic heterocycles. The molecule has 154 valence electrons. The van der Waals surface area contributed by atoms with Crippen LogP contribution in [-0.2, 0) is 16.6 Å². The molecule has 2 fully saturated rings. The van der Waals surface area contributed by atoms with Gasteiger partial charge in [-0.15, -0.1) is 0 Å². The first-order chi connectivity index (χ1) is 14.0. The van der Waals surface area contributed by atoms with Crippen LogP contribution in [-0.4, -0.2) is 45.1 Å². The van der Waals surface area contributed by atoms with E-state index in [0.29, 0.717) is 19.0 Å². The molecule has 8 heteroatoms. The van der Waals surface area contributed by atoms with Crippen LogP contribution in [0.3, 0.4) is 0 Å². The summed E-state index contributed by atoms with van der Waals surface area (Å²) in [5.41, 5.74) is 0.977. The van der Waals surface area contributed by atoms with Gasteiger partial charge < -0.3 is 15.0 Å². The third-order valence-corrected chi connectivity index (χ3v) is 7.21. The molecule has 3 atom stereocenters. The van der Waals surface area contributed by atoms with Crippen LogP contribution in [0.25, 0.3) is 0 Å². The molecule has 2 aliphatic rings. The van der Waals surface area contributed by atoms with Gasteiger partial charge in [-0.2, -0.15) is 0 Å². The molecule has 7 nitrogen and oxygen atoms in total. The van der Waals surface area contributed by atoms with Crippen LogP contribution >= 0.6 is 0 Å². The van der Waals surface area contributed by atoms with Crippen molar-refractivity contribution in [3.63, 3.8) is 0 Å². The van der Waals surface area contributed by atoms with Gasteiger partial charge in [-0.1, -0.05) is 30.3 Å². The summed E-state index contributed by atoms with van der Waals surface area (Å²) in [5.74, 6) is 1.10. The molecular weight excluding hydrogens is 390 g/mol. The number of rotatable bonds is 6. The molecule has 2 aromatic rings. The molecule has 29 heavy (non-hydrogen) atoms. The summed E-state index contributed by atoms with van der Waals surface area (Å²) in [7, 11) is -1.98. The number of likely N-dealkylation sites (tertiary alicyclic amines) is 1. The number of sulfonamides is 1. The zero-order chi connectivity index (χ0) is 20.4. The third-order valence-electron chi connectivity index (χ3n) is 5.71. The summed E-state index contributed by atoms with van der Waals surface area (Å²) in [6, 6.07) is 15.3. The number of hydrogen-bond acceptors (Lipinski definition) is 4. The standard InChI is InChI=1S/C21H25N3O4S/c1-28-17-9-7-15(8-10-17)13-22-21(25)24-14-16-11-19(20(24)12-16)23-29(26,27)18-5-3-2-4-6-18/h2-10,16,19-20,23H,11-14H2,1H3,(H,22,25). The maximum atomic E-state index is 12.7. The van der Waals surface area contributed by atoms with E-state index in [1.807, 2.05) is 24.3 Å². The number of fused-ring (bicyclic) bond motifs is 2. The molecule has 4 rings (SSSR count). The smallest absolute Gasteiger partial charge is 0.317 e. The monoisotopic (exact) mass is 415 g/mol. The third kappa shape index (κ3) is 4.23. The SMILES string of the molecule is COc1ccc(CNC(=O)N2CC3CC(NS(=O)(=O)c4ccccc4)C2C3)cc1. The Morgan fingerprint density at radius 3 is 2.48 bits per heavy atom. The number of amides is 2. The van der Waals surface area contributed by atoms with Gasteiger partial charge in [0.2, 0.25) is 10.0 Å². The minimum absolute atomic E-state index is 0.116. The number of nitrogens with one attached hydrogen (secondary N) is 2. The van der Waals surface area contributed by atoms with E-state index in [2.05, 4.69) is 10.0 Å². The van der Waals surface area contributed by atoms with Crippen LogP contribution < -0.4 is 14.8 Å². The van der Waals surface area contributed by atoms with E-state index in [1.165, 1.54) is 0 Å². The van der Waals surface area contributed by atoms with Gasteiger partial charge in [0.1, 0.15) is 5.75 Å². The number of nitrogens with zero attached hydrogens (tertiary/aromatic N) is 1. The molecule has 2 bridgehead atoms. The van der Waals surface area contributed by atoms with Crippen molar-refractivity contribution >= 4 is 16.1 Å². The normalized spacial score (nSPS) is 23.2. The average Bonchev–Trinajstić information content (AvgIpc) is 3.33. The van der Waals surface area contributed by atoms with Crippen molar-refractivity contribution in [2.75, 3.05) is 13.7 Å². The van der Waals surface area contributed by atoms with Gasteiger partial charge in [-0.25, -0.2) is 17.9 Å².